The van der Waals surface area contributed by atoms with E-state index in [1.165, 1.54) is 0 Å². The summed E-state index contributed by atoms with van der Waals surface area (Å²) in [4.78, 5) is 14.2. The number of benzene rings is 1. The highest BCUT2D eigenvalue weighted by atomic mass is 35.5. The maximum Gasteiger partial charge on any atom is 0.238 e. The Morgan fingerprint density at radius 1 is 1.52 bits per heavy atom. The molecule has 1 amide bonds. The Bertz CT molecular complexity index is 482. The van der Waals surface area contributed by atoms with Gasteiger partial charge in [0.25, 0.3) is 0 Å². The average Bonchev–Trinajstić information content (AvgIpc) is 2.38. The monoisotopic (exact) mass is 313 g/mol. The van der Waals surface area contributed by atoms with Crippen LogP contribution in [0.15, 0.2) is 18.2 Å². The molecule has 0 aliphatic carbocycles. The summed E-state index contributed by atoms with van der Waals surface area (Å²) >= 11 is 0. The van der Waals surface area contributed by atoms with Crippen molar-refractivity contribution in [3.63, 3.8) is 0 Å². The Morgan fingerprint density at radius 3 is 2.95 bits per heavy atom. The first kappa shape index (κ1) is 17.8. The largest absolute Gasteiger partial charge is 0.495 e. The van der Waals surface area contributed by atoms with E-state index in [0.29, 0.717) is 12.3 Å². The number of hydrogen-bond acceptors (Lipinski definition) is 4. The topological polar surface area (TPSA) is 67.6 Å². The van der Waals surface area contributed by atoms with Gasteiger partial charge in [-0.3, -0.25) is 9.69 Å². The van der Waals surface area contributed by atoms with Crippen LogP contribution in [0.25, 0.3) is 0 Å². The third-order valence-corrected chi connectivity index (χ3v) is 3.54. The lowest BCUT2D eigenvalue weighted by atomic mass is 10.1. The van der Waals surface area contributed by atoms with E-state index in [2.05, 4.69) is 10.2 Å². The summed E-state index contributed by atoms with van der Waals surface area (Å²) < 4.78 is 5.26. The fraction of sp³-hybridized carbons (Fsp3) is 0.533. The number of carbonyl (C=O) groups is 1. The van der Waals surface area contributed by atoms with Crippen molar-refractivity contribution >= 4 is 24.0 Å². The van der Waals surface area contributed by atoms with Crippen LogP contribution >= 0.6 is 12.4 Å². The van der Waals surface area contributed by atoms with Crippen LogP contribution in [0.5, 0.6) is 5.75 Å². The van der Waals surface area contributed by atoms with Crippen molar-refractivity contribution in [3.8, 4) is 5.75 Å². The fourth-order valence-electron chi connectivity index (χ4n) is 2.55. The molecular weight excluding hydrogens is 290 g/mol. The van der Waals surface area contributed by atoms with Gasteiger partial charge in [-0.25, -0.2) is 0 Å². The maximum absolute atomic E-state index is 12.1. The highest BCUT2D eigenvalue weighted by molar-refractivity contribution is 5.93. The predicted molar refractivity (Wildman–Crippen MR) is 87.3 cm³/mol. The van der Waals surface area contributed by atoms with Gasteiger partial charge in [-0.2, -0.15) is 0 Å². The molecule has 1 aliphatic heterocycles. The molecule has 0 saturated carbocycles. The number of nitrogens with one attached hydrogen (secondary N) is 1. The van der Waals surface area contributed by atoms with E-state index >= 15 is 0 Å². The van der Waals surface area contributed by atoms with Gasteiger partial charge < -0.3 is 15.8 Å². The second-order valence-electron chi connectivity index (χ2n) is 5.39. The number of likely N-dealkylation sites (tertiary alicyclic amines) is 1. The number of methoxy groups -OCH3 is 1. The molecule has 118 valence electrons. The van der Waals surface area contributed by atoms with Gasteiger partial charge in [-0.05, 0) is 44.0 Å². The maximum atomic E-state index is 12.1. The van der Waals surface area contributed by atoms with E-state index < -0.39 is 0 Å². The van der Waals surface area contributed by atoms with Crippen LogP contribution < -0.4 is 15.8 Å². The minimum absolute atomic E-state index is 0. The Morgan fingerprint density at radius 2 is 2.29 bits per heavy atom. The van der Waals surface area contributed by atoms with Gasteiger partial charge >= 0.3 is 0 Å². The molecule has 1 aromatic rings. The van der Waals surface area contributed by atoms with Gasteiger partial charge in [0.1, 0.15) is 5.75 Å². The summed E-state index contributed by atoms with van der Waals surface area (Å²) in [6.45, 7) is 4.09. The highest BCUT2D eigenvalue weighted by Crippen LogP contribution is 2.25. The van der Waals surface area contributed by atoms with Gasteiger partial charge in [0, 0.05) is 12.6 Å². The van der Waals surface area contributed by atoms with E-state index in [-0.39, 0.29) is 24.4 Å². The molecule has 1 saturated heterocycles. The number of piperidine rings is 1. The van der Waals surface area contributed by atoms with Gasteiger partial charge in [0.05, 0.1) is 19.3 Å². The first-order chi connectivity index (χ1) is 9.58. The SMILES string of the molecule is COc1ccc(C)cc1NC(=O)CN1CCC[C@@H](N)C1.Cl. The Hall–Kier alpha value is -1.30. The molecular formula is C15H24ClN3O2. The number of nitrogens with two attached hydrogens (primary N) is 1. The average molecular weight is 314 g/mol. The van der Waals surface area contributed by atoms with E-state index in [9.17, 15) is 4.79 Å². The molecule has 0 radical (unpaired) electrons. The predicted octanol–water partition coefficient (Wildman–Crippen LogP) is 1.79. The van der Waals surface area contributed by atoms with Gasteiger partial charge in [-0.15, -0.1) is 12.4 Å². The van der Waals surface area contributed by atoms with Crippen LogP contribution in [0.2, 0.25) is 0 Å². The summed E-state index contributed by atoms with van der Waals surface area (Å²) in [5.41, 5.74) is 7.73. The van der Waals surface area contributed by atoms with E-state index in [0.717, 1.165) is 37.2 Å². The molecule has 6 heteroatoms. The standard InChI is InChI=1S/C15H23N3O2.ClH/c1-11-5-6-14(20-2)13(8-11)17-15(19)10-18-7-3-4-12(16)9-18;/h5-6,8,12H,3-4,7,9-10,16H2,1-2H3,(H,17,19);1H/t12-;/m1./s1. The summed E-state index contributed by atoms with van der Waals surface area (Å²) in [5, 5.41) is 2.92. The molecule has 1 fully saturated rings. The number of amides is 1. The molecule has 1 aromatic carbocycles. The van der Waals surface area contributed by atoms with Crippen LogP contribution in [0.1, 0.15) is 18.4 Å². The fourth-order valence-corrected chi connectivity index (χ4v) is 2.55. The van der Waals surface area contributed by atoms with Crippen LogP contribution in [-0.4, -0.2) is 43.6 Å². The minimum atomic E-state index is -0.0250. The van der Waals surface area contributed by atoms with Crippen molar-refractivity contribution in [2.45, 2.75) is 25.8 Å². The van der Waals surface area contributed by atoms with Gasteiger partial charge in [0.2, 0.25) is 5.91 Å². The molecule has 1 heterocycles. The summed E-state index contributed by atoms with van der Waals surface area (Å²) in [5.74, 6) is 0.655. The molecule has 0 bridgehead atoms. The Balaban J connectivity index is 0.00000220. The number of hydrogen-bond donors (Lipinski definition) is 2. The lowest BCUT2D eigenvalue weighted by Crippen LogP contribution is -2.45. The first-order valence-electron chi connectivity index (χ1n) is 7.01. The third-order valence-electron chi connectivity index (χ3n) is 3.54. The van der Waals surface area contributed by atoms with Crippen molar-refractivity contribution in [1.82, 2.24) is 4.90 Å². The second-order valence-corrected chi connectivity index (χ2v) is 5.39. The van der Waals surface area contributed by atoms with Crippen molar-refractivity contribution in [1.29, 1.82) is 0 Å². The molecule has 0 aromatic heterocycles. The van der Waals surface area contributed by atoms with Crippen molar-refractivity contribution < 1.29 is 9.53 Å². The zero-order valence-electron chi connectivity index (χ0n) is 12.6. The lowest BCUT2D eigenvalue weighted by molar-refractivity contribution is -0.117. The zero-order valence-corrected chi connectivity index (χ0v) is 13.4. The molecule has 5 nitrogen and oxygen atoms in total. The molecule has 2 rings (SSSR count). The van der Waals surface area contributed by atoms with Crippen molar-refractivity contribution in [2.75, 3.05) is 32.1 Å². The van der Waals surface area contributed by atoms with E-state index in [1.54, 1.807) is 7.11 Å². The molecule has 1 aliphatic rings. The Kier molecular flexibility index (Phi) is 6.95. The normalized spacial score (nSPS) is 18.7. The van der Waals surface area contributed by atoms with Crippen LogP contribution in [0.4, 0.5) is 5.69 Å². The van der Waals surface area contributed by atoms with Crippen LogP contribution in [0, 0.1) is 6.92 Å². The summed E-state index contributed by atoms with van der Waals surface area (Å²) in [6.07, 6.45) is 2.10. The van der Waals surface area contributed by atoms with Crippen LogP contribution in [0.3, 0.4) is 0 Å². The minimum Gasteiger partial charge on any atom is -0.495 e. The number of aryl methyl sites for hydroxylation is 1. The number of nitrogens with zero attached hydrogens (tertiary/aromatic N) is 1. The Labute approximate surface area is 132 Å². The molecule has 0 unspecified atom stereocenters. The molecule has 21 heavy (non-hydrogen) atoms. The number of ether oxygens (including phenoxy) is 1. The van der Waals surface area contributed by atoms with E-state index in [1.807, 2.05) is 25.1 Å². The number of carbonyl (C=O) groups excluding carboxylic acids is 1. The van der Waals surface area contributed by atoms with E-state index in [4.69, 9.17) is 10.5 Å². The van der Waals surface area contributed by atoms with Crippen LogP contribution in [-0.2, 0) is 4.79 Å². The lowest BCUT2D eigenvalue weighted by Gasteiger charge is -2.30. The van der Waals surface area contributed by atoms with Gasteiger partial charge in [0.15, 0.2) is 0 Å². The quantitative estimate of drug-likeness (QED) is 0.889. The molecule has 1 atom stereocenters. The smallest absolute Gasteiger partial charge is 0.238 e. The summed E-state index contributed by atoms with van der Waals surface area (Å²) in [7, 11) is 1.60. The summed E-state index contributed by atoms with van der Waals surface area (Å²) in [6, 6.07) is 5.92. The number of rotatable bonds is 4. The number of halogens is 1. The van der Waals surface area contributed by atoms with Crippen molar-refractivity contribution in [2.24, 2.45) is 5.73 Å². The highest BCUT2D eigenvalue weighted by Gasteiger charge is 2.19. The zero-order chi connectivity index (χ0) is 14.5. The molecule has 0 spiro atoms. The van der Waals surface area contributed by atoms with Crippen molar-refractivity contribution in [3.05, 3.63) is 23.8 Å². The first-order valence-corrected chi connectivity index (χ1v) is 7.01. The number of anilines is 1. The third kappa shape index (κ3) is 5.19. The van der Waals surface area contributed by atoms with Gasteiger partial charge in [-0.1, -0.05) is 6.07 Å². The molecule has 3 N–H and O–H groups in total. The second kappa shape index (κ2) is 8.22.